The van der Waals surface area contributed by atoms with E-state index >= 15 is 0 Å². The molecule has 14 heteroatoms. The number of rotatable bonds is 3. The van der Waals surface area contributed by atoms with Crippen LogP contribution in [0.1, 0.15) is 21.9 Å². The fourth-order valence-electron chi connectivity index (χ4n) is 4.24. The monoisotopic (exact) mass is 738 g/mol. The predicted octanol–water partition coefficient (Wildman–Crippen LogP) is 9.92. The number of hydrogen-bond acceptors (Lipinski definition) is 8. The zero-order valence-electron chi connectivity index (χ0n) is 24.3. The molecule has 0 spiro atoms. The summed E-state index contributed by atoms with van der Waals surface area (Å²) in [5.41, 5.74) is 3.01. The van der Waals surface area contributed by atoms with Crippen molar-refractivity contribution in [3.63, 3.8) is 0 Å². The van der Waals surface area contributed by atoms with E-state index in [0.29, 0.717) is 55.1 Å². The summed E-state index contributed by atoms with van der Waals surface area (Å²) in [6, 6.07) is 15.0. The van der Waals surface area contributed by atoms with E-state index < -0.39 is 0 Å². The molecule has 0 saturated carbocycles. The van der Waals surface area contributed by atoms with Crippen LogP contribution in [0.25, 0.3) is 32.7 Å². The fourth-order valence-corrected chi connectivity index (χ4v) is 5.79. The molecule has 0 amide bonds. The van der Waals surface area contributed by atoms with Crippen LogP contribution in [0, 0.1) is 6.92 Å². The van der Waals surface area contributed by atoms with Crippen LogP contribution in [0.15, 0.2) is 54.6 Å². The van der Waals surface area contributed by atoms with Crippen molar-refractivity contribution in [3.8, 4) is 17.2 Å². The molecule has 3 N–H and O–H groups in total. The number of phenolic OH excluding ortho intramolecular Hbond substituents is 3. The maximum absolute atomic E-state index is 10.5. The topological polar surface area (TPSA) is 120 Å². The Bertz CT molecular complexity index is 2110. The Morgan fingerprint density at radius 1 is 0.609 bits per heavy atom. The first-order chi connectivity index (χ1) is 21.7. The lowest BCUT2D eigenvalue weighted by atomic mass is 10.2. The van der Waals surface area contributed by atoms with E-state index in [1.165, 1.54) is 24.3 Å². The Kier molecular flexibility index (Phi) is 11.6. The SMILES string of the molecule is CN(C)Cc1ccc2c(Cl)cc(Cl)c(O)c2n1.Cc1ccc2c(Cl)cc(Cl)c(O)c2n1.O=Cc1ccc2c(Cl)cc(Cl)c(O)c2n1. The number of carbonyl (C=O) groups is 1. The van der Waals surface area contributed by atoms with Crippen LogP contribution in [0.4, 0.5) is 0 Å². The van der Waals surface area contributed by atoms with Crippen molar-refractivity contribution in [2.45, 2.75) is 13.5 Å². The molecule has 8 nitrogen and oxygen atoms in total. The second-order valence-corrected chi connectivity index (χ2v) is 12.5. The fraction of sp³-hybridized carbons (Fsp3) is 0.125. The number of aromatic nitrogens is 3. The van der Waals surface area contributed by atoms with Gasteiger partial charge in [0.05, 0.1) is 35.8 Å². The average molecular weight is 741 g/mol. The number of phenols is 3. The maximum Gasteiger partial charge on any atom is 0.168 e. The molecular formula is C32H24Cl6N4O4. The standard InChI is InChI=1S/C12H12Cl2N2O.C10H5Cl2NO2.C10H7Cl2NO/c1-16(2)6-7-3-4-8-9(13)5-10(14)12(17)11(8)15-7;11-7-3-8(12)10(15)9-6(7)2-1-5(4-14)13-9;1-5-2-3-6-7(11)4-8(12)10(14)9(6)13-5/h3-5,17H,6H2,1-2H3;1-4,15H;2-4,14H,1H3. The highest BCUT2D eigenvalue weighted by atomic mass is 35.5. The second-order valence-electron chi connectivity index (χ2n) is 10.1. The quantitative estimate of drug-likeness (QED) is 0.154. The molecule has 0 aliphatic rings. The van der Waals surface area contributed by atoms with Gasteiger partial charge in [-0.1, -0.05) is 69.6 Å². The van der Waals surface area contributed by atoms with Gasteiger partial charge in [0, 0.05) is 28.4 Å². The molecule has 0 fully saturated rings. The van der Waals surface area contributed by atoms with E-state index in [-0.39, 0.29) is 43.5 Å². The molecule has 0 atom stereocenters. The number of benzene rings is 3. The highest BCUT2D eigenvalue weighted by molar-refractivity contribution is 6.41. The summed E-state index contributed by atoms with van der Waals surface area (Å²) < 4.78 is 0. The minimum Gasteiger partial charge on any atom is -0.504 e. The van der Waals surface area contributed by atoms with E-state index in [9.17, 15) is 20.1 Å². The number of halogens is 6. The third-order valence-corrected chi connectivity index (χ3v) is 8.19. The van der Waals surface area contributed by atoms with Crippen LogP contribution >= 0.6 is 69.6 Å². The summed E-state index contributed by atoms with van der Waals surface area (Å²) >= 11 is 35.3. The number of hydrogen-bond donors (Lipinski definition) is 3. The first kappa shape index (κ1) is 35.5. The van der Waals surface area contributed by atoms with E-state index in [1.54, 1.807) is 6.07 Å². The van der Waals surface area contributed by atoms with Crippen LogP contribution in [-0.4, -0.2) is 55.6 Å². The van der Waals surface area contributed by atoms with Gasteiger partial charge in [0.2, 0.25) is 0 Å². The summed E-state index contributed by atoms with van der Waals surface area (Å²) in [4.78, 5) is 25.0. The minimum atomic E-state index is -0.167. The molecule has 0 saturated heterocycles. The van der Waals surface area contributed by atoms with Gasteiger partial charge in [-0.15, -0.1) is 0 Å². The van der Waals surface area contributed by atoms with Gasteiger partial charge in [-0.05, 0) is 75.6 Å². The van der Waals surface area contributed by atoms with E-state index in [0.717, 1.165) is 11.4 Å². The van der Waals surface area contributed by atoms with Gasteiger partial charge in [0.25, 0.3) is 0 Å². The molecule has 6 aromatic rings. The normalized spacial score (nSPS) is 10.9. The summed E-state index contributed by atoms with van der Waals surface area (Å²) in [5.74, 6) is -0.207. The number of aryl methyl sites for hydroxylation is 1. The zero-order chi connectivity index (χ0) is 33.9. The first-order valence-electron chi connectivity index (χ1n) is 13.2. The maximum atomic E-state index is 10.5. The summed E-state index contributed by atoms with van der Waals surface area (Å²) in [5, 5.41) is 33.1. The third-order valence-electron chi connectivity index (χ3n) is 6.39. The van der Waals surface area contributed by atoms with Crippen molar-refractivity contribution < 1.29 is 20.1 Å². The Morgan fingerprint density at radius 3 is 1.48 bits per heavy atom. The Hall–Kier alpha value is -3.34. The molecule has 3 aromatic heterocycles. The van der Waals surface area contributed by atoms with Gasteiger partial charge in [-0.25, -0.2) is 15.0 Å². The Morgan fingerprint density at radius 2 is 1.02 bits per heavy atom. The summed E-state index contributed by atoms with van der Waals surface area (Å²) in [6.07, 6.45) is 0.591. The Labute approximate surface area is 293 Å². The molecule has 0 radical (unpaired) electrons. The summed E-state index contributed by atoms with van der Waals surface area (Å²) in [6.45, 7) is 2.53. The minimum absolute atomic E-state index is 0.0187. The number of pyridine rings is 3. The van der Waals surface area contributed by atoms with Gasteiger partial charge >= 0.3 is 0 Å². The highest BCUT2D eigenvalue weighted by Crippen LogP contribution is 2.38. The van der Waals surface area contributed by atoms with Crippen LogP contribution in [0.5, 0.6) is 17.2 Å². The highest BCUT2D eigenvalue weighted by Gasteiger charge is 2.13. The number of aldehydes is 1. The van der Waals surface area contributed by atoms with Gasteiger partial charge in [0.15, 0.2) is 23.5 Å². The molecule has 0 aliphatic carbocycles. The van der Waals surface area contributed by atoms with Crippen molar-refractivity contribution in [2.24, 2.45) is 0 Å². The molecular weight excluding hydrogens is 717 g/mol. The van der Waals surface area contributed by atoms with Gasteiger partial charge in [0.1, 0.15) is 22.2 Å². The van der Waals surface area contributed by atoms with Crippen molar-refractivity contribution in [1.82, 2.24) is 19.9 Å². The van der Waals surface area contributed by atoms with E-state index in [2.05, 4.69) is 15.0 Å². The van der Waals surface area contributed by atoms with Crippen LogP contribution in [0.3, 0.4) is 0 Å². The van der Waals surface area contributed by atoms with Crippen LogP contribution in [-0.2, 0) is 6.54 Å². The molecule has 0 aliphatic heterocycles. The zero-order valence-corrected chi connectivity index (χ0v) is 28.8. The van der Waals surface area contributed by atoms with Gasteiger partial charge < -0.3 is 20.2 Å². The van der Waals surface area contributed by atoms with Gasteiger partial charge in [-0.3, -0.25) is 4.79 Å². The lowest BCUT2D eigenvalue weighted by Crippen LogP contribution is -2.11. The van der Waals surface area contributed by atoms with Crippen molar-refractivity contribution >= 4 is 109 Å². The second kappa shape index (κ2) is 15.0. The predicted molar refractivity (Wildman–Crippen MR) is 188 cm³/mol. The lowest BCUT2D eigenvalue weighted by molar-refractivity contribution is 0.111. The molecule has 0 unspecified atom stereocenters. The van der Waals surface area contributed by atoms with Gasteiger partial charge in [-0.2, -0.15) is 0 Å². The first-order valence-corrected chi connectivity index (χ1v) is 15.5. The third kappa shape index (κ3) is 7.96. The molecule has 0 bridgehead atoms. The molecule has 46 heavy (non-hydrogen) atoms. The molecule has 3 heterocycles. The number of nitrogens with zero attached hydrogens (tertiary/aromatic N) is 4. The number of carbonyl (C=O) groups excluding carboxylic acids is 1. The molecule has 238 valence electrons. The molecule has 3 aromatic carbocycles. The number of aromatic hydroxyl groups is 3. The van der Waals surface area contributed by atoms with Crippen molar-refractivity contribution in [3.05, 3.63) is 102 Å². The summed E-state index contributed by atoms with van der Waals surface area (Å²) in [7, 11) is 3.91. The van der Waals surface area contributed by atoms with Crippen molar-refractivity contribution in [2.75, 3.05) is 14.1 Å². The van der Waals surface area contributed by atoms with Crippen molar-refractivity contribution in [1.29, 1.82) is 0 Å². The average Bonchev–Trinajstić information content (AvgIpc) is 3.01. The molecule has 6 rings (SSSR count). The Balaban J connectivity index is 0.000000157. The number of fused-ring (bicyclic) bond motifs is 3. The largest absolute Gasteiger partial charge is 0.504 e. The van der Waals surface area contributed by atoms with Crippen LogP contribution < -0.4 is 0 Å². The smallest absolute Gasteiger partial charge is 0.168 e. The lowest BCUT2D eigenvalue weighted by Gasteiger charge is -2.11. The van der Waals surface area contributed by atoms with E-state index in [4.69, 9.17) is 69.6 Å². The van der Waals surface area contributed by atoms with Crippen LogP contribution in [0.2, 0.25) is 30.1 Å². The van der Waals surface area contributed by atoms with E-state index in [1.807, 2.05) is 50.2 Å².